The summed E-state index contributed by atoms with van der Waals surface area (Å²) in [5.74, 6) is 4.78. The molecular weight excluding hydrogens is 689 g/mol. The van der Waals surface area contributed by atoms with E-state index < -0.39 is 0 Å². The minimum Gasteiger partial charge on any atom is -0.458 e. The first-order valence-corrected chi connectivity index (χ1v) is 24.3. The number of hydrogen-bond donors (Lipinski definition) is 0. The van der Waals surface area contributed by atoms with Crippen molar-refractivity contribution in [2.24, 2.45) is 35.5 Å². The molecule has 0 aromatic rings. The van der Waals surface area contributed by atoms with Crippen molar-refractivity contribution in [3.05, 3.63) is 23.3 Å². The molecule has 6 unspecified atom stereocenters. The molecule has 0 amide bonds. The van der Waals surface area contributed by atoms with E-state index in [1.165, 1.54) is 114 Å². The smallest absolute Gasteiger partial charge is 0.306 e. The van der Waals surface area contributed by atoms with Crippen LogP contribution in [0.4, 0.5) is 0 Å². The van der Waals surface area contributed by atoms with Gasteiger partial charge in [-0.05, 0) is 114 Å². The fourth-order valence-corrected chi connectivity index (χ4v) is 8.23. The molecular formula is C52H98O4. The van der Waals surface area contributed by atoms with Gasteiger partial charge in [-0.15, -0.1) is 0 Å². The maximum Gasteiger partial charge on any atom is 0.306 e. The van der Waals surface area contributed by atoms with Crippen LogP contribution in [-0.2, 0) is 19.1 Å². The normalized spacial score (nSPS) is 15.8. The number of allylic oxidation sites excluding steroid dienone is 2. The van der Waals surface area contributed by atoms with Crippen molar-refractivity contribution in [3.8, 4) is 0 Å². The van der Waals surface area contributed by atoms with Gasteiger partial charge in [0.25, 0.3) is 0 Å². The van der Waals surface area contributed by atoms with Crippen LogP contribution in [0.1, 0.15) is 250 Å². The van der Waals surface area contributed by atoms with E-state index in [4.69, 9.17) is 9.47 Å². The van der Waals surface area contributed by atoms with Gasteiger partial charge in [0.1, 0.15) is 12.2 Å². The highest BCUT2D eigenvalue weighted by Gasteiger charge is 2.12. The molecule has 0 fully saturated rings. The molecule has 4 heteroatoms. The lowest BCUT2D eigenvalue weighted by Crippen LogP contribution is -2.13. The van der Waals surface area contributed by atoms with E-state index in [1.807, 2.05) is 13.8 Å². The second kappa shape index (κ2) is 35.4. The van der Waals surface area contributed by atoms with Crippen LogP contribution in [0.3, 0.4) is 0 Å². The van der Waals surface area contributed by atoms with Crippen LogP contribution in [0.5, 0.6) is 0 Å². The predicted octanol–water partition coefficient (Wildman–Crippen LogP) is 16.7. The topological polar surface area (TPSA) is 52.6 Å². The van der Waals surface area contributed by atoms with E-state index in [1.54, 1.807) is 0 Å². The van der Waals surface area contributed by atoms with Gasteiger partial charge in [0.2, 0.25) is 0 Å². The summed E-state index contributed by atoms with van der Waals surface area (Å²) in [6, 6.07) is 0. The summed E-state index contributed by atoms with van der Waals surface area (Å²) in [6.45, 7) is 27.3. The van der Waals surface area contributed by atoms with Crippen molar-refractivity contribution >= 4 is 11.9 Å². The standard InChI is InChI=1S/C52H98O4/c1-41(2)25-19-27-43(5)29-21-31-45(7)33-23-35-47(9)39-49(11)55-51(53)37-17-15-13-14-16-18-38-52(54)56-50(12)40-48(10)36-24-34-46(8)32-22-30-44(6)28-20-26-42(3)4/h39-46,49-50H,13-38H2,1-12H3. The molecule has 0 saturated heterocycles. The lowest BCUT2D eigenvalue weighted by Gasteiger charge is -2.15. The second-order valence-electron chi connectivity index (χ2n) is 19.8. The Morgan fingerprint density at radius 1 is 0.357 bits per heavy atom. The zero-order valence-corrected chi connectivity index (χ0v) is 39.8. The molecule has 330 valence electrons. The molecule has 0 spiro atoms. The van der Waals surface area contributed by atoms with E-state index in [0.717, 1.165) is 86.9 Å². The molecule has 4 nitrogen and oxygen atoms in total. The largest absolute Gasteiger partial charge is 0.458 e. The molecule has 0 N–H and O–H groups in total. The molecule has 0 aromatic heterocycles. The minimum atomic E-state index is -0.161. The molecule has 0 aliphatic rings. The number of carbonyl (C=O) groups excluding carboxylic acids is 2. The molecule has 6 atom stereocenters. The van der Waals surface area contributed by atoms with Gasteiger partial charge < -0.3 is 9.47 Å². The van der Waals surface area contributed by atoms with Crippen LogP contribution >= 0.6 is 0 Å². The highest BCUT2D eigenvalue weighted by molar-refractivity contribution is 5.70. The molecule has 0 radical (unpaired) electrons. The van der Waals surface area contributed by atoms with E-state index in [-0.39, 0.29) is 24.1 Å². The Balaban J connectivity index is 3.91. The van der Waals surface area contributed by atoms with Crippen molar-refractivity contribution in [2.45, 2.75) is 262 Å². The minimum absolute atomic E-state index is 0.0902. The molecule has 0 bridgehead atoms. The maximum atomic E-state index is 12.4. The SMILES string of the molecule is CC(=CC(C)OC(=O)CCCCCCCCC(=O)OC(C)C=C(C)CCCC(C)CCCC(C)CCCC(C)C)CCCC(C)CCCC(C)CCCC(C)C. The summed E-state index contributed by atoms with van der Waals surface area (Å²) in [4.78, 5) is 24.8. The van der Waals surface area contributed by atoms with Crippen molar-refractivity contribution in [3.63, 3.8) is 0 Å². The zero-order valence-electron chi connectivity index (χ0n) is 39.8. The third kappa shape index (κ3) is 36.7. The van der Waals surface area contributed by atoms with E-state index in [0.29, 0.717) is 12.8 Å². The molecule has 0 aromatic carbocycles. The van der Waals surface area contributed by atoms with Crippen LogP contribution in [0.15, 0.2) is 23.3 Å². The molecule has 0 aliphatic heterocycles. The highest BCUT2D eigenvalue weighted by atomic mass is 16.5. The van der Waals surface area contributed by atoms with Crippen LogP contribution in [0, 0.1) is 35.5 Å². The average Bonchev–Trinajstić information content (AvgIpc) is 3.08. The maximum absolute atomic E-state index is 12.4. The van der Waals surface area contributed by atoms with Gasteiger partial charge in [-0.25, -0.2) is 0 Å². The van der Waals surface area contributed by atoms with Crippen molar-refractivity contribution in [1.29, 1.82) is 0 Å². The van der Waals surface area contributed by atoms with E-state index in [9.17, 15) is 9.59 Å². The number of esters is 2. The van der Waals surface area contributed by atoms with Crippen LogP contribution in [0.2, 0.25) is 0 Å². The lowest BCUT2D eigenvalue weighted by molar-refractivity contribution is -0.147. The van der Waals surface area contributed by atoms with Crippen LogP contribution < -0.4 is 0 Å². The van der Waals surface area contributed by atoms with Crippen LogP contribution in [0.25, 0.3) is 0 Å². The summed E-state index contributed by atoms with van der Waals surface area (Å²) < 4.78 is 11.4. The quantitative estimate of drug-likeness (QED) is 0.0357. The second-order valence-corrected chi connectivity index (χ2v) is 19.8. The fourth-order valence-electron chi connectivity index (χ4n) is 8.23. The first-order chi connectivity index (χ1) is 26.6. The monoisotopic (exact) mass is 787 g/mol. The highest BCUT2D eigenvalue weighted by Crippen LogP contribution is 2.24. The molecule has 0 aliphatic carbocycles. The van der Waals surface area contributed by atoms with Crippen molar-refractivity contribution in [1.82, 2.24) is 0 Å². The van der Waals surface area contributed by atoms with Crippen LogP contribution in [-0.4, -0.2) is 24.1 Å². The molecule has 0 saturated carbocycles. The molecule has 0 heterocycles. The summed E-state index contributed by atoms with van der Waals surface area (Å²) in [6.07, 6.45) is 34.4. The Kier molecular flexibility index (Phi) is 34.4. The van der Waals surface area contributed by atoms with Gasteiger partial charge >= 0.3 is 11.9 Å². The first-order valence-electron chi connectivity index (χ1n) is 24.3. The Hall–Kier alpha value is -1.58. The predicted molar refractivity (Wildman–Crippen MR) is 245 cm³/mol. The number of unbranched alkanes of at least 4 members (excludes halogenated alkanes) is 5. The Bertz CT molecular complexity index is 928. The van der Waals surface area contributed by atoms with Gasteiger partial charge in [0.05, 0.1) is 0 Å². The fraction of sp³-hybridized carbons (Fsp3) is 0.885. The third-order valence-electron chi connectivity index (χ3n) is 12.0. The Morgan fingerprint density at radius 3 is 0.929 bits per heavy atom. The number of ether oxygens (including phenoxy) is 2. The lowest BCUT2D eigenvalue weighted by atomic mass is 9.91. The van der Waals surface area contributed by atoms with Crippen molar-refractivity contribution < 1.29 is 19.1 Å². The van der Waals surface area contributed by atoms with Crippen molar-refractivity contribution in [2.75, 3.05) is 0 Å². The van der Waals surface area contributed by atoms with Gasteiger partial charge in [0, 0.05) is 12.8 Å². The molecule has 56 heavy (non-hydrogen) atoms. The third-order valence-corrected chi connectivity index (χ3v) is 12.0. The van der Waals surface area contributed by atoms with Gasteiger partial charge in [-0.3, -0.25) is 9.59 Å². The number of carbonyl (C=O) groups is 2. The average molecular weight is 787 g/mol. The summed E-state index contributed by atoms with van der Waals surface area (Å²) >= 11 is 0. The Morgan fingerprint density at radius 2 is 0.625 bits per heavy atom. The van der Waals surface area contributed by atoms with E-state index >= 15 is 0 Å². The van der Waals surface area contributed by atoms with Gasteiger partial charge in [-0.1, -0.05) is 182 Å². The zero-order chi connectivity index (χ0) is 42.1. The first kappa shape index (κ1) is 54.4. The van der Waals surface area contributed by atoms with Gasteiger partial charge in [0.15, 0.2) is 0 Å². The van der Waals surface area contributed by atoms with E-state index in [2.05, 4.69) is 81.4 Å². The number of hydrogen-bond acceptors (Lipinski definition) is 4. The Labute approximate surface area is 351 Å². The molecule has 0 rings (SSSR count). The van der Waals surface area contributed by atoms with Gasteiger partial charge in [-0.2, -0.15) is 0 Å². The number of rotatable bonds is 37. The summed E-state index contributed by atoms with van der Waals surface area (Å²) in [5.41, 5.74) is 2.66. The summed E-state index contributed by atoms with van der Waals surface area (Å²) in [7, 11) is 0. The summed E-state index contributed by atoms with van der Waals surface area (Å²) in [5, 5.41) is 0.